The molecule has 1 fully saturated rings. The highest BCUT2D eigenvalue weighted by atomic mass is 32.2. The van der Waals surface area contributed by atoms with Crippen LogP contribution in [-0.2, 0) is 9.84 Å². The molecule has 0 aromatic carbocycles. The Morgan fingerprint density at radius 1 is 1.27 bits per heavy atom. The van der Waals surface area contributed by atoms with Crippen molar-refractivity contribution in [3.63, 3.8) is 0 Å². The molecule has 1 rings (SSSR count). The summed E-state index contributed by atoms with van der Waals surface area (Å²) in [7, 11) is -2.68. The Balaban J connectivity index is 2.21. The standard InChI is InChI=1S/C12H24O2S/c1-3-4-5-6-7-11(2)12-8-9-15(13,14)10-12/h11-12H,3-10H2,1-2H3. The van der Waals surface area contributed by atoms with E-state index in [1.807, 2.05) is 0 Å². The fraction of sp³-hybridized carbons (Fsp3) is 1.00. The zero-order valence-corrected chi connectivity index (χ0v) is 10.9. The van der Waals surface area contributed by atoms with Gasteiger partial charge in [0.2, 0.25) is 0 Å². The molecule has 0 bridgehead atoms. The largest absolute Gasteiger partial charge is 0.229 e. The predicted molar refractivity (Wildman–Crippen MR) is 64.7 cm³/mol. The smallest absolute Gasteiger partial charge is 0.150 e. The molecule has 0 amide bonds. The van der Waals surface area contributed by atoms with E-state index in [1.165, 1.54) is 32.1 Å². The SMILES string of the molecule is CCCCCCC(C)C1CCS(=O)(=O)C1. The maximum absolute atomic E-state index is 11.3. The highest BCUT2D eigenvalue weighted by Crippen LogP contribution is 2.29. The molecule has 90 valence electrons. The molecular formula is C12H24O2S. The summed E-state index contributed by atoms with van der Waals surface area (Å²) < 4.78 is 22.6. The quantitative estimate of drug-likeness (QED) is 0.660. The van der Waals surface area contributed by atoms with Crippen molar-refractivity contribution in [1.29, 1.82) is 0 Å². The molecule has 1 heterocycles. The second-order valence-corrected chi connectivity index (χ2v) is 7.22. The Labute approximate surface area is 94.4 Å². The monoisotopic (exact) mass is 232 g/mol. The van der Waals surface area contributed by atoms with Gasteiger partial charge in [0.25, 0.3) is 0 Å². The summed E-state index contributed by atoms with van der Waals surface area (Å²) in [5.74, 6) is 1.91. The Morgan fingerprint density at radius 3 is 2.53 bits per heavy atom. The second-order valence-electron chi connectivity index (χ2n) is 4.99. The van der Waals surface area contributed by atoms with Crippen molar-refractivity contribution in [2.24, 2.45) is 11.8 Å². The van der Waals surface area contributed by atoms with Crippen LogP contribution in [0.3, 0.4) is 0 Å². The molecule has 0 radical (unpaired) electrons. The van der Waals surface area contributed by atoms with E-state index >= 15 is 0 Å². The van der Waals surface area contributed by atoms with Crippen LogP contribution in [0.1, 0.15) is 52.4 Å². The zero-order valence-electron chi connectivity index (χ0n) is 10.0. The topological polar surface area (TPSA) is 34.1 Å². The van der Waals surface area contributed by atoms with Crippen LogP contribution in [0.15, 0.2) is 0 Å². The lowest BCUT2D eigenvalue weighted by molar-refractivity contribution is 0.357. The van der Waals surface area contributed by atoms with Crippen LogP contribution in [-0.4, -0.2) is 19.9 Å². The minimum absolute atomic E-state index is 0.428. The minimum Gasteiger partial charge on any atom is -0.229 e. The van der Waals surface area contributed by atoms with Gasteiger partial charge in [-0.25, -0.2) is 8.42 Å². The van der Waals surface area contributed by atoms with E-state index in [9.17, 15) is 8.42 Å². The van der Waals surface area contributed by atoms with Gasteiger partial charge in [0.05, 0.1) is 11.5 Å². The molecule has 3 heteroatoms. The van der Waals surface area contributed by atoms with Crippen molar-refractivity contribution < 1.29 is 8.42 Å². The fourth-order valence-electron chi connectivity index (χ4n) is 2.40. The van der Waals surface area contributed by atoms with Crippen LogP contribution in [0.4, 0.5) is 0 Å². The Kier molecular flexibility index (Phi) is 5.10. The maximum atomic E-state index is 11.3. The lowest BCUT2D eigenvalue weighted by Crippen LogP contribution is -2.13. The predicted octanol–water partition coefficient (Wildman–Crippen LogP) is 3.03. The molecule has 0 aromatic rings. The van der Waals surface area contributed by atoms with E-state index in [-0.39, 0.29) is 0 Å². The van der Waals surface area contributed by atoms with Crippen molar-refractivity contribution in [2.75, 3.05) is 11.5 Å². The second kappa shape index (κ2) is 5.88. The molecular weight excluding hydrogens is 208 g/mol. The van der Waals surface area contributed by atoms with Gasteiger partial charge in [-0.15, -0.1) is 0 Å². The third-order valence-corrected chi connectivity index (χ3v) is 5.38. The van der Waals surface area contributed by atoms with E-state index < -0.39 is 9.84 Å². The molecule has 0 aliphatic carbocycles. The number of sulfone groups is 1. The average Bonchev–Trinajstić information content (AvgIpc) is 2.53. The molecule has 2 nitrogen and oxygen atoms in total. The van der Waals surface area contributed by atoms with E-state index in [4.69, 9.17) is 0 Å². The number of rotatable bonds is 6. The first kappa shape index (κ1) is 13.0. The molecule has 2 atom stereocenters. The number of hydrogen-bond donors (Lipinski definition) is 0. The van der Waals surface area contributed by atoms with Crippen LogP contribution in [0.5, 0.6) is 0 Å². The van der Waals surface area contributed by atoms with Gasteiger partial charge in [-0.05, 0) is 18.3 Å². The summed E-state index contributed by atoms with van der Waals surface area (Å²) >= 11 is 0. The fourth-order valence-corrected chi connectivity index (χ4v) is 4.38. The van der Waals surface area contributed by atoms with E-state index in [2.05, 4.69) is 13.8 Å². The van der Waals surface area contributed by atoms with E-state index in [0.717, 1.165) is 6.42 Å². The lowest BCUT2D eigenvalue weighted by Gasteiger charge is -2.17. The molecule has 0 aromatic heterocycles. The number of hydrogen-bond acceptors (Lipinski definition) is 2. The highest BCUT2D eigenvalue weighted by Gasteiger charge is 2.31. The maximum Gasteiger partial charge on any atom is 0.150 e. The van der Waals surface area contributed by atoms with Crippen LogP contribution in [0.2, 0.25) is 0 Å². The van der Waals surface area contributed by atoms with Gasteiger partial charge >= 0.3 is 0 Å². The normalized spacial score (nSPS) is 26.7. The third-order valence-electron chi connectivity index (χ3n) is 3.59. The van der Waals surface area contributed by atoms with Gasteiger partial charge in [-0.2, -0.15) is 0 Å². The molecule has 0 spiro atoms. The van der Waals surface area contributed by atoms with Crippen LogP contribution < -0.4 is 0 Å². The first-order valence-corrected chi connectivity index (χ1v) is 8.07. The molecule has 1 aliphatic rings. The Hall–Kier alpha value is -0.0500. The Bertz CT molecular complexity index is 269. The molecule has 1 saturated heterocycles. The first-order chi connectivity index (χ1) is 7.05. The molecule has 0 N–H and O–H groups in total. The molecule has 15 heavy (non-hydrogen) atoms. The van der Waals surface area contributed by atoms with E-state index in [0.29, 0.717) is 23.3 Å². The van der Waals surface area contributed by atoms with Gasteiger partial charge in [0.15, 0.2) is 9.84 Å². The number of unbranched alkanes of at least 4 members (excludes halogenated alkanes) is 3. The lowest BCUT2D eigenvalue weighted by atomic mass is 9.89. The van der Waals surface area contributed by atoms with Crippen molar-refractivity contribution in [3.05, 3.63) is 0 Å². The van der Waals surface area contributed by atoms with Crippen LogP contribution in [0.25, 0.3) is 0 Å². The molecule has 0 saturated carbocycles. The van der Waals surface area contributed by atoms with Crippen LogP contribution in [0, 0.1) is 11.8 Å². The van der Waals surface area contributed by atoms with Crippen molar-refractivity contribution in [2.45, 2.75) is 52.4 Å². The van der Waals surface area contributed by atoms with E-state index in [1.54, 1.807) is 0 Å². The summed E-state index contributed by atoms with van der Waals surface area (Å²) in [6.45, 7) is 4.43. The summed E-state index contributed by atoms with van der Waals surface area (Å²) in [5, 5.41) is 0. The van der Waals surface area contributed by atoms with Gasteiger partial charge < -0.3 is 0 Å². The van der Waals surface area contributed by atoms with Gasteiger partial charge in [0.1, 0.15) is 0 Å². The zero-order chi connectivity index (χ0) is 11.3. The Morgan fingerprint density at radius 2 is 2.00 bits per heavy atom. The van der Waals surface area contributed by atoms with Gasteiger partial charge in [0, 0.05) is 0 Å². The van der Waals surface area contributed by atoms with Crippen LogP contribution >= 0.6 is 0 Å². The minimum atomic E-state index is -2.68. The summed E-state index contributed by atoms with van der Waals surface area (Å²) in [6.07, 6.45) is 7.27. The molecule has 1 aliphatic heterocycles. The van der Waals surface area contributed by atoms with Crippen molar-refractivity contribution in [1.82, 2.24) is 0 Å². The van der Waals surface area contributed by atoms with Crippen molar-refractivity contribution >= 4 is 9.84 Å². The summed E-state index contributed by atoms with van der Waals surface area (Å²) in [6, 6.07) is 0. The highest BCUT2D eigenvalue weighted by molar-refractivity contribution is 7.91. The average molecular weight is 232 g/mol. The van der Waals surface area contributed by atoms with Gasteiger partial charge in [-0.1, -0.05) is 46.0 Å². The molecule has 2 unspecified atom stereocenters. The summed E-state index contributed by atoms with van der Waals surface area (Å²) in [5.41, 5.74) is 0. The third kappa shape index (κ3) is 4.54. The first-order valence-electron chi connectivity index (χ1n) is 6.25. The van der Waals surface area contributed by atoms with Crippen molar-refractivity contribution in [3.8, 4) is 0 Å². The van der Waals surface area contributed by atoms with Gasteiger partial charge in [-0.3, -0.25) is 0 Å². The summed E-state index contributed by atoms with van der Waals surface area (Å²) in [4.78, 5) is 0.